The molecule has 1 fully saturated rings. The summed E-state index contributed by atoms with van der Waals surface area (Å²) in [6, 6.07) is 22.2. The highest BCUT2D eigenvalue weighted by molar-refractivity contribution is 6.21. The van der Waals surface area contributed by atoms with Crippen LogP contribution in [0.1, 0.15) is 39.9 Å². The van der Waals surface area contributed by atoms with E-state index in [0.717, 1.165) is 4.90 Å². The molecule has 4 rings (SSSR count). The third-order valence-corrected chi connectivity index (χ3v) is 5.32. The smallest absolute Gasteiger partial charge is 0.337 e. The van der Waals surface area contributed by atoms with E-state index in [9.17, 15) is 24.6 Å². The van der Waals surface area contributed by atoms with Gasteiger partial charge in [0.1, 0.15) is 5.60 Å². The second-order valence-electron chi connectivity index (χ2n) is 7.10. The van der Waals surface area contributed by atoms with Gasteiger partial charge in [0.05, 0.1) is 11.3 Å². The second-order valence-corrected chi connectivity index (χ2v) is 7.10. The van der Waals surface area contributed by atoms with Crippen LogP contribution in [0.5, 0.6) is 0 Å². The summed E-state index contributed by atoms with van der Waals surface area (Å²) < 4.78 is 0. The number of benzene rings is 3. The number of rotatable bonds is 5. The molecule has 1 saturated heterocycles. The Bertz CT molecular complexity index is 1070. The molecule has 0 spiro atoms. The Hall–Kier alpha value is -3.77. The summed E-state index contributed by atoms with van der Waals surface area (Å²) >= 11 is 0. The van der Waals surface area contributed by atoms with Crippen molar-refractivity contribution < 1.29 is 24.6 Å². The molecule has 0 aromatic heterocycles. The summed E-state index contributed by atoms with van der Waals surface area (Å²) in [5.41, 5.74) is -0.315. The Labute approximate surface area is 173 Å². The minimum Gasteiger partial charge on any atom is -0.478 e. The maximum Gasteiger partial charge on any atom is 0.337 e. The Morgan fingerprint density at radius 2 is 1.27 bits per heavy atom. The number of hydrogen-bond donors (Lipinski definition) is 2. The number of carboxylic acids is 1. The highest BCUT2D eigenvalue weighted by atomic mass is 16.4. The molecule has 150 valence electrons. The fourth-order valence-electron chi connectivity index (χ4n) is 3.83. The van der Waals surface area contributed by atoms with Gasteiger partial charge in [-0.15, -0.1) is 0 Å². The fourth-order valence-corrected chi connectivity index (χ4v) is 3.83. The summed E-state index contributed by atoms with van der Waals surface area (Å²) in [6.07, 6.45) is 0.0630. The van der Waals surface area contributed by atoms with Crippen molar-refractivity contribution in [2.45, 2.75) is 18.4 Å². The van der Waals surface area contributed by atoms with E-state index < -0.39 is 23.4 Å². The van der Waals surface area contributed by atoms with E-state index in [0.29, 0.717) is 16.7 Å². The summed E-state index contributed by atoms with van der Waals surface area (Å²) in [7, 11) is 0. The van der Waals surface area contributed by atoms with Gasteiger partial charge in [0.2, 0.25) is 11.8 Å². The van der Waals surface area contributed by atoms with Crippen LogP contribution in [0.2, 0.25) is 0 Å². The molecule has 2 amide bonds. The van der Waals surface area contributed by atoms with Gasteiger partial charge in [-0.05, 0) is 28.8 Å². The number of carbonyl (C=O) groups excluding carboxylic acids is 2. The lowest BCUT2D eigenvalue weighted by molar-refractivity contribution is -0.121. The molecule has 1 aliphatic heterocycles. The first-order chi connectivity index (χ1) is 14.4. The van der Waals surface area contributed by atoms with Crippen LogP contribution in [0, 0.1) is 0 Å². The number of hydrogen-bond acceptors (Lipinski definition) is 4. The van der Waals surface area contributed by atoms with Crippen molar-refractivity contribution in [3.63, 3.8) is 0 Å². The van der Waals surface area contributed by atoms with E-state index in [2.05, 4.69) is 0 Å². The molecule has 0 atom stereocenters. The van der Waals surface area contributed by atoms with Gasteiger partial charge in [-0.2, -0.15) is 0 Å². The molecule has 3 aromatic carbocycles. The van der Waals surface area contributed by atoms with E-state index in [1.807, 2.05) is 12.1 Å². The number of carboxylic acid groups (broad SMARTS) is 1. The van der Waals surface area contributed by atoms with E-state index in [4.69, 9.17) is 0 Å². The lowest BCUT2D eigenvalue weighted by Gasteiger charge is -2.31. The molecular formula is C24H19NO5. The number of imide groups is 1. The summed E-state index contributed by atoms with van der Waals surface area (Å²) in [4.78, 5) is 37.3. The van der Waals surface area contributed by atoms with Crippen LogP contribution in [-0.2, 0) is 15.2 Å². The van der Waals surface area contributed by atoms with Crippen LogP contribution in [0.25, 0.3) is 0 Å². The third-order valence-electron chi connectivity index (χ3n) is 5.32. The van der Waals surface area contributed by atoms with E-state index in [1.54, 1.807) is 48.5 Å². The molecule has 0 radical (unpaired) electrons. The Balaban J connectivity index is 1.97. The first kappa shape index (κ1) is 19.5. The minimum atomic E-state index is -1.61. The van der Waals surface area contributed by atoms with Crippen molar-refractivity contribution in [2.24, 2.45) is 0 Å². The predicted octanol–water partition coefficient (Wildman–Crippen LogP) is 3.32. The van der Waals surface area contributed by atoms with Gasteiger partial charge in [-0.25, -0.2) is 9.69 Å². The molecule has 0 saturated carbocycles. The van der Waals surface area contributed by atoms with Crippen LogP contribution in [-0.4, -0.2) is 28.0 Å². The van der Waals surface area contributed by atoms with Crippen LogP contribution >= 0.6 is 0 Å². The average molecular weight is 401 g/mol. The first-order valence-corrected chi connectivity index (χ1v) is 9.50. The molecule has 2 N–H and O–H groups in total. The average Bonchev–Trinajstić information content (AvgIpc) is 3.11. The Morgan fingerprint density at radius 1 is 0.767 bits per heavy atom. The monoisotopic (exact) mass is 401 g/mol. The van der Waals surface area contributed by atoms with Crippen LogP contribution < -0.4 is 4.90 Å². The number of carbonyl (C=O) groups is 3. The van der Waals surface area contributed by atoms with Gasteiger partial charge in [-0.3, -0.25) is 9.59 Å². The molecule has 1 aliphatic rings. The van der Waals surface area contributed by atoms with Crippen molar-refractivity contribution in [2.75, 3.05) is 4.90 Å². The van der Waals surface area contributed by atoms with Gasteiger partial charge < -0.3 is 10.2 Å². The molecule has 6 heteroatoms. The van der Waals surface area contributed by atoms with Gasteiger partial charge >= 0.3 is 5.97 Å². The predicted molar refractivity (Wildman–Crippen MR) is 110 cm³/mol. The van der Waals surface area contributed by atoms with Gasteiger partial charge in [0.25, 0.3) is 0 Å². The number of nitrogens with zero attached hydrogens (tertiary/aromatic N) is 1. The second kappa shape index (κ2) is 7.57. The summed E-state index contributed by atoms with van der Waals surface area (Å²) in [5, 5.41) is 21.5. The highest BCUT2D eigenvalue weighted by Gasteiger charge is 2.37. The quantitative estimate of drug-likeness (QED) is 0.505. The summed E-state index contributed by atoms with van der Waals surface area (Å²) in [6.45, 7) is 0. The van der Waals surface area contributed by atoms with Crippen LogP contribution in [0.3, 0.4) is 0 Å². The molecule has 0 unspecified atom stereocenters. The number of aromatic carboxylic acids is 1. The van der Waals surface area contributed by atoms with E-state index in [-0.39, 0.29) is 24.1 Å². The molecule has 0 bridgehead atoms. The van der Waals surface area contributed by atoms with Crippen LogP contribution in [0.15, 0.2) is 78.9 Å². The molecule has 0 aliphatic carbocycles. The van der Waals surface area contributed by atoms with Crippen molar-refractivity contribution in [1.29, 1.82) is 0 Å². The van der Waals surface area contributed by atoms with Gasteiger partial charge in [-0.1, -0.05) is 66.7 Å². The van der Waals surface area contributed by atoms with Gasteiger partial charge in [0, 0.05) is 12.8 Å². The lowest BCUT2D eigenvalue weighted by Crippen LogP contribution is -2.32. The Morgan fingerprint density at radius 3 is 1.73 bits per heavy atom. The maximum atomic E-state index is 12.3. The maximum absolute atomic E-state index is 12.3. The Kier molecular flexibility index (Phi) is 4.93. The highest BCUT2D eigenvalue weighted by Crippen LogP contribution is 2.39. The zero-order chi connectivity index (χ0) is 21.3. The lowest BCUT2D eigenvalue weighted by atomic mass is 9.80. The van der Waals surface area contributed by atoms with Gasteiger partial charge in [0.15, 0.2) is 0 Å². The third kappa shape index (κ3) is 3.17. The van der Waals surface area contributed by atoms with E-state index in [1.165, 1.54) is 18.2 Å². The minimum absolute atomic E-state index is 0.0298. The van der Waals surface area contributed by atoms with Crippen LogP contribution in [0.4, 0.5) is 5.69 Å². The van der Waals surface area contributed by atoms with Crippen molar-refractivity contribution in [3.05, 3.63) is 101 Å². The zero-order valence-corrected chi connectivity index (χ0v) is 16.0. The number of anilines is 1. The molecule has 1 heterocycles. The SMILES string of the molecule is O=C(O)c1ccc(C(O)(c2ccccc2)c2ccccc2)cc1N1C(=O)CCC1=O. The standard InChI is InChI=1S/C24H19NO5/c26-21-13-14-22(27)25(21)20-15-18(11-12-19(20)23(28)29)24(30,16-7-3-1-4-8-16)17-9-5-2-6-10-17/h1-12,15,30H,13-14H2,(H,28,29). The first-order valence-electron chi connectivity index (χ1n) is 9.50. The van der Waals surface area contributed by atoms with Crippen molar-refractivity contribution in [1.82, 2.24) is 0 Å². The number of amides is 2. The normalized spacial score (nSPS) is 14.2. The largest absolute Gasteiger partial charge is 0.478 e. The topological polar surface area (TPSA) is 94.9 Å². The fraction of sp³-hybridized carbons (Fsp3) is 0.125. The summed E-state index contributed by atoms with van der Waals surface area (Å²) in [5.74, 6) is -2.17. The zero-order valence-electron chi connectivity index (χ0n) is 16.0. The number of aliphatic hydroxyl groups is 1. The molecule has 3 aromatic rings. The van der Waals surface area contributed by atoms with Crippen molar-refractivity contribution >= 4 is 23.5 Å². The van der Waals surface area contributed by atoms with Crippen molar-refractivity contribution in [3.8, 4) is 0 Å². The van der Waals surface area contributed by atoms with E-state index >= 15 is 0 Å². The molecular weight excluding hydrogens is 382 g/mol. The molecule has 30 heavy (non-hydrogen) atoms. The molecule has 6 nitrogen and oxygen atoms in total.